The monoisotopic (exact) mass is 205 g/mol. The number of hydrogen-bond acceptors (Lipinski definition) is 3. The first-order valence-electron chi connectivity index (χ1n) is 5.66. The van der Waals surface area contributed by atoms with Gasteiger partial charge in [-0.25, -0.2) is 4.98 Å². The Morgan fingerprint density at radius 3 is 2.73 bits per heavy atom. The maximum atomic E-state index is 4.38. The Kier molecular flexibility index (Phi) is 3.09. The van der Waals surface area contributed by atoms with Gasteiger partial charge in [-0.15, -0.1) is 0 Å². The summed E-state index contributed by atoms with van der Waals surface area (Å²) in [5.41, 5.74) is 1.16. The first-order chi connectivity index (χ1) is 7.27. The summed E-state index contributed by atoms with van der Waals surface area (Å²) >= 11 is 0. The summed E-state index contributed by atoms with van der Waals surface area (Å²) in [5, 5.41) is 3.59. The standard InChI is InChI=1S/C12H19N3/c1-15(2)12-11(8-5-9-13-12)14-10-6-3-4-7-10/h5,8-10,14H,3-4,6-7H2,1-2H3. The van der Waals surface area contributed by atoms with Crippen molar-refractivity contribution in [2.75, 3.05) is 24.3 Å². The Balaban J connectivity index is 2.12. The van der Waals surface area contributed by atoms with Gasteiger partial charge in [-0.1, -0.05) is 12.8 Å². The quantitative estimate of drug-likeness (QED) is 0.821. The summed E-state index contributed by atoms with van der Waals surface area (Å²) in [6.07, 6.45) is 7.14. The van der Waals surface area contributed by atoms with E-state index >= 15 is 0 Å². The van der Waals surface area contributed by atoms with E-state index in [0.29, 0.717) is 6.04 Å². The van der Waals surface area contributed by atoms with Crippen molar-refractivity contribution < 1.29 is 0 Å². The fraction of sp³-hybridized carbons (Fsp3) is 0.583. The molecule has 3 nitrogen and oxygen atoms in total. The highest BCUT2D eigenvalue weighted by atomic mass is 15.2. The molecule has 1 saturated carbocycles. The normalized spacial score (nSPS) is 16.7. The molecule has 1 aliphatic carbocycles. The molecular weight excluding hydrogens is 186 g/mol. The molecule has 3 heteroatoms. The molecule has 1 heterocycles. The van der Waals surface area contributed by atoms with Gasteiger partial charge in [-0.3, -0.25) is 0 Å². The Labute approximate surface area is 91.5 Å². The van der Waals surface area contributed by atoms with E-state index in [4.69, 9.17) is 0 Å². The van der Waals surface area contributed by atoms with E-state index < -0.39 is 0 Å². The van der Waals surface area contributed by atoms with Gasteiger partial charge in [0.25, 0.3) is 0 Å². The molecule has 0 bridgehead atoms. The van der Waals surface area contributed by atoms with Gasteiger partial charge in [0, 0.05) is 26.3 Å². The summed E-state index contributed by atoms with van der Waals surface area (Å²) in [4.78, 5) is 6.44. The maximum Gasteiger partial charge on any atom is 0.151 e. The predicted octanol–water partition coefficient (Wildman–Crippen LogP) is 2.50. The van der Waals surface area contributed by atoms with Gasteiger partial charge in [0.1, 0.15) is 0 Å². The smallest absolute Gasteiger partial charge is 0.151 e. The minimum atomic E-state index is 0.646. The first kappa shape index (κ1) is 10.3. The van der Waals surface area contributed by atoms with E-state index in [-0.39, 0.29) is 0 Å². The zero-order chi connectivity index (χ0) is 10.7. The summed E-state index contributed by atoms with van der Waals surface area (Å²) < 4.78 is 0. The fourth-order valence-corrected chi connectivity index (χ4v) is 2.16. The van der Waals surface area contributed by atoms with Crippen molar-refractivity contribution in [1.82, 2.24) is 4.98 Å². The van der Waals surface area contributed by atoms with Crippen LogP contribution in [0.15, 0.2) is 18.3 Å². The van der Waals surface area contributed by atoms with E-state index in [1.54, 1.807) is 0 Å². The third kappa shape index (κ3) is 2.41. The summed E-state index contributed by atoms with van der Waals surface area (Å²) in [5.74, 6) is 1.03. The number of aromatic nitrogens is 1. The lowest BCUT2D eigenvalue weighted by molar-refractivity contribution is 0.754. The molecule has 1 N–H and O–H groups in total. The number of anilines is 2. The molecule has 0 amide bonds. The van der Waals surface area contributed by atoms with Gasteiger partial charge in [0.15, 0.2) is 5.82 Å². The van der Waals surface area contributed by atoms with Gasteiger partial charge in [0.05, 0.1) is 5.69 Å². The van der Waals surface area contributed by atoms with Crippen molar-refractivity contribution in [2.45, 2.75) is 31.7 Å². The molecule has 0 radical (unpaired) electrons. The van der Waals surface area contributed by atoms with Crippen molar-refractivity contribution >= 4 is 11.5 Å². The second kappa shape index (κ2) is 4.51. The number of pyridine rings is 1. The number of nitrogens with one attached hydrogen (secondary N) is 1. The Hall–Kier alpha value is -1.25. The van der Waals surface area contributed by atoms with Crippen LogP contribution in [0.2, 0.25) is 0 Å². The average Bonchev–Trinajstić information content (AvgIpc) is 2.71. The molecule has 0 atom stereocenters. The van der Waals surface area contributed by atoms with E-state index in [2.05, 4.69) is 21.3 Å². The molecule has 1 aromatic heterocycles. The lowest BCUT2D eigenvalue weighted by Crippen LogP contribution is -2.19. The molecule has 0 aliphatic heterocycles. The number of hydrogen-bond donors (Lipinski definition) is 1. The molecule has 82 valence electrons. The van der Waals surface area contributed by atoms with Crippen LogP contribution in [0, 0.1) is 0 Å². The van der Waals surface area contributed by atoms with Gasteiger partial charge >= 0.3 is 0 Å². The van der Waals surface area contributed by atoms with Gasteiger partial charge in [0.2, 0.25) is 0 Å². The molecule has 1 aliphatic rings. The van der Waals surface area contributed by atoms with Gasteiger partial charge in [-0.05, 0) is 25.0 Å². The van der Waals surface area contributed by atoms with Crippen molar-refractivity contribution in [3.8, 4) is 0 Å². The predicted molar refractivity (Wildman–Crippen MR) is 64.4 cm³/mol. The van der Waals surface area contributed by atoms with Crippen molar-refractivity contribution in [2.24, 2.45) is 0 Å². The molecule has 0 spiro atoms. The van der Waals surface area contributed by atoms with E-state index in [1.165, 1.54) is 25.7 Å². The highest BCUT2D eigenvalue weighted by Crippen LogP contribution is 2.26. The molecule has 1 fully saturated rings. The highest BCUT2D eigenvalue weighted by molar-refractivity contribution is 5.65. The second-order valence-corrected chi connectivity index (χ2v) is 4.39. The van der Waals surface area contributed by atoms with Crippen LogP contribution in [0.3, 0.4) is 0 Å². The molecule has 0 saturated heterocycles. The molecule has 1 aromatic rings. The number of rotatable bonds is 3. The number of nitrogens with zero attached hydrogens (tertiary/aromatic N) is 2. The zero-order valence-corrected chi connectivity index (χ0v) is 9.53. The fourth-order valence-electron chi connectivity index (χ4n) is 2.16. The Bertz CT molecular complexity index is 316. The summed E-state index contributed by atoms with van der Waals surface area (Å²) in [6, 6.07) is 4.75. The lowest BCUT2D eigenvalue weighted by Gasteiger charge is -2.20. The van der Waals surface area contributed by atoms with Crippen LogP contribution in [0.5, 0.6) is 0 Å². The largest absolute Gasteiger partial charge is 0.379 e. The van der Waals surface area contributed by atoms with Crippen LogP contribution < -0.4 is 10.2 Å². The third-order valence-electron chi connectivity index (χ3n) is 2.93. The highest BCUT2D eigenvalue weighted by Gasteiger charge is 2.16. The van der Waals surface area contributed by atoms with Crippen molar-refractivity contribution in [1.29, 1.82) is 0 Å². The second-order valence-electron chi connectivity index (χ2n) is 4.39. The lowest BCUT2D eigenvalue weighted by atomic mass is 10.2. The van der Waals surface area contributed by atoms with E-state index in [1.807, 2.05) is 26.4 Å². The van der Waals surface area contributed by atoms with Gasteiger partial charge in [-0.2, -0.15) is 0 Å². The SMILES string of the molecule is CN(C)c1ncccc1NC1CCCC1. The maximum absolute atomic E-state index is 4.38. The van der Waals surface area contributed by atoms with Crippen LogP contribution in [-0.4, -0.2) is 25.1 Å². The average molecular weight is 205 g/mol. The zero-order valence-electron chi connectivity index (χ0n) is 9.53. The summed E-state index contributed by atoms with van der Waals surface area (Å²) in [7, 11) is 4.06. The minimum Gasteiger partial charge on any atom is -0.379 e. The molecule has 0 unspecified atom stereocenters. The molecule has 2 rings (SSSR count). The molecular formula is C12H19N3. The summed E-state index contributed by atoms with van der Waals surface area (Å²) in [6.45, 7) is 0. The van der Waals surface area contributed by atoms with Gasteiger partial charge < -0.3 is 10.2 Å². The van der Waals surface area contributed by atoms with Crippen LogP contribution in [0.1, 0.15) is 25.7 Å². The van der Waals surface area contributed by atoms with Crippen molar-refractivity contribution in [3.63, 3.8) is 0 Å². The first-order valence-corrected chi connectivity index (χ1v) is 5.66. The minimum absolute atomic E-state index is 0.646. The van der Waals surface area contributed by atoms with E-state index in [0.717, 1.165) is 11.5 Å². The Morgan fingerprint density at radius 1 is 1.33 bits per heavy atom. The van der Waals surface area contributed by atoms with Crippen LogP contribution in [0.25, 0.3) is 0 Å². The van der Waals surface area contributed by atoms with Crippen LogP contribution in [-0.2, 0) is 0 Å². The topological polar surface area (TPSA) is 28.2 Å². The Morgan fingerprint density at radius 2 is 2.07 bits per heavy atom. The van der Waals surface area contributed by atoms with Crippen molar-refractivity contribution in [3.05, 3.63) is 18.3 Å². The van der Waals surface area contributed by atoms with Crippen LogP contribution in [0.4, 0.5) is 11.5 Å². The van der Waals surface area contributed by atoms with Crippen LogP contribution >= 0.6 is 0 Å². The third-order valence-corrected chi connectivity index (χ3v) is 2.93. The van der Waals surface area contributed by atoms with E-state index in [9.17, 15) is 0 Å². The molecule has 15 heavy (non-hydrogen) atoms. The molecule has 0 aromatic carbocycles.